The van der Waals surface area contributed by atoms with Gasteiger partial charge in [-0.1, -0.05) is 18.2 Å². The topological polar surface area (TPSA) is 53.9 Å². The van der Waals surface area contributed by atoms with Gasteiger partial charge in [0.25, 0.3) is 0 Å². The fraction of sp³-hybridized carbons (Fsp3) is 0.211. The SMILES string of the molecule is CN=Cc1n[nH]nc1-c1cccc(Cc2cc(C(F)(F)F)cc(C(F)(F)F)c2)c1. The maximum Gasteiger partial charge on any atom is 0.416 e. The number of aliphatic imine (C=N–C) groups is 1. The van der Waals surface area contributed by atoms with Crippen LogP contribution < -0.4 is 0 Å². The Labute approximate surface area is 161 Å². The summed E-state index contributed by atoms with van der Waals surface area (Å²) in [6, 6.07) is 8.18. The van der Waals surface area contributed by atoms with Crippen LogP contribution in [0.1, 0.15) is 27.9 Å². The van der Waals surface area contributed by atoms with Gasteiger partial charge in [-0.25, -0.2) is 0 Å². The monoisotopic (exact) mass is 412 g/mol. The second-order valence-electron chi connectivity index (χ2n) is 6.24. The molecule has 1 aromatic heterocycles. The van der Waals surface area contributed by atoms with Crippen molar-refractivity contribution in [3.8, 4) is 11.3 Å². The largest absolute Gasteiger partial charge is 0.416 e. The molecule has 0 atom stereocenters. The zero-order chi connectivity index (χ0) is 21.2. The van der Waals surface area contributed by atoms with Crippen molar-refractivity contribution in [1.82, 2.24) is 15.4 Å². The van der Waals surface area contributed by atoms with E-state index in [1.807, 2.05) is 0 Å². The van der Waals surface area contributed by atoms with Gasteiger partial charge in [0, 0.05) is 12.6 Å². The summed E-state index contributed by atoms with van der Waals surface area (Å²) < 4.78 is 78.3. The van der Waals surface area contributed by atoms with Gasteiger partial charge in [0.2, 0.25) is 0 Å². The smallest absolute Gasteiger partial charge is 0.294 e. The molecule has 0 saturated carbocycles. The molecular formula is C19H14F6N4. The predicted octanol–water partition coefficient (Wildman–Crippen LogP) is 5.15. The number of hydrogen-bond donors (Lipinski definition) is 1. The summed E-state index contributed by atoms with van der Waals surface area (Å²) in [4.78, 5) is 3.86. The molecular weight excluding hydrogens is 398 g/mol. The number of hydrogen-bond acceptors (Lipinski definition) is 3. The number of benzene rings is 2. The van der Waals surface area contributed by atoms with Crippen LogP contribution in [0, 0.1) is 0 Å². The molecule has 0 saturated heterocycles. The number of aromatic nitrogens is 3. The summed E-state index contributed by atoms with van der Waals surface area (Å²) in [7, 11) is 1.56. The van der Waals surface area contributed by atoms with Gasteiger partial charge in [0.15, 0.2) is 0 Å². The third-order valence-corrected chi connectivity index (χ3v) is 4.08. The molecule has 1 heterocycles. The molecule has 0 aliphatic carbocycles. The summed E-state index contributed by atoms with van der Waals surface area (Å²) in [5, 5.41) is 10.4. The highest BCUT2D eigenvalue weighted by atomic mass is 19.4. The van der Waals surface area contributed by atoms with Crippen molar-refractivity contribution < 1.29 is 26.3 Å². The van der Waals surface area contributed by atoms with E-state index in [0.717, 1.165) is 12.1 Å². The normalized spacial score (nSPS) is 12.7. The van der Waals surface area contributed by atoms with Crippen LogP contribution in [-0.4, -0.2) is 28.7 Å². The number of nitrogens with zero attached hydrogens (tertiary/aromatic N) is 3. The van der Waals surface area contributed by atoms with Crippen LogP contribution in [0.5, 0.6) is 0 Å². The Kier molecular flexibility index (Phi) is 5.45. The van der Waals surface area contributed by atoms with Crippen molar-refractivity contribution in [2.75, 3.05) is 7.05 Å². The molecule has 0 fully saturated rings. The number of aromatic amines is 1. The second kappa shape index (κ2) is 7.69. The van der Waals surface area contributed by atoms with Crippen LogP contribution in [0.4, 0.5) is 26.3 Å². The number of alkyl halides is 6. The number of rotatable bonds is 4. The van der Waals surface area contributed by atoms with E-state index in [4.69, 9.17) is 0 Å². The minimum Gasteiger partial charge on any atom is -0.294 e. The van der Waals surface area contributed by atoms with Gasteiger partial charge in [0.05, 0.1) is 17.3 Å². The first kappa shape index (κ1) is 20.6. The van der Waals surface area contributed by atoms with Gasteiger partial charge in [-0.2, -0.15) is 41.8 Å². The van der Waals surface area contributed by atoms with Gasteiger partial charge < -0.3 is 0 Å². The molecule has 0 radical (unpaired) electrons. The minimum absolute atomic E-state index is 0.0974. The van der Waals surface area contributed by atoms with Crippen LogP contribution in [0.15, 0.2) is 47.5 Å². The summed E-state index contributed by atoms with van der Waals surface area (Å²) in [6.45, 7) is 0. The van der Waals surface area contributed by atoms with E-state index in [-0.39, 0.29) is 18.1 Å². The molecule has 0 spiro atoms. The number of nitrogens with one attached hydrogen (secondary N) is 1. The number of halogens is 6. The molecule has 10 heteroatoms. The lowest BCUT2D eigenvalue weighted by atomic mass is 9.97. The summed E-state index contributed by atoms with van der Waals surface area (Å²) in [5.41, 5.74) is -0.709. The first-order valence-corrected chi connectivity index (χ1v) is 8.28. The van der Waals surface area contributed by atoms with Crippen LogP contribution in [0.25, 0.3) is 11.3 Å². The van der Waals surface area contributed by atoms with Crippen LogP contribution in [0.3, 0.4) is 0 Å². The van der Waals surface area contributed by atoms with E-state index < -0.39 is 23.5 Å². The highest BCUT2D eigenvalue weighted by Crippen LogP contribution is 2.36. The van der Waals surface area contributed by atoms with Gasteiger partial charge in [0.1, 0.15) is 11.4 Å². The summed E-state index contributed by atoms with van der Waals surface area (Å²) in [6.07, 6.45) is -8.40. The molecule has 3 aromatic rings. The fourth-order valence-electron chi connectivity index (χ4n) is 2.85. The molecule has 29 heavy (non-hydrogen) atoms. The minimum atomic E-state index is -4.88. The standard InChI is InChI=1S/C19H14F6N4/c1-26-10-16-17(28-29-27-16)13-4-2-3-11(6-13)5-12-7-14(18(20,21)22)9-15(8-12)19(23,24)25/h2-4,6-10H,5H2,1H3,(H,27,28,29). The Balaban J connectivity index is 1.99. The fourth-order valence-corrected chi connectivity index (χ4v) is 2.85. The van der Waals surface area contributed by atoms with Crippen molar-refractivity contribution >= 4 is 6.21 Å². The quantitative estimate of drug-likeness (QED) is 0.476. The molecule has 4 nitrogen and oxygen atoms in total. The average Bonchev–Trinajstić information content (AvgIpc) is 3.09. The summed E-state index contributed by atoms with van der Waals surface area (Å²) >= 11 is 0. The van der Waals surface area contributed by atoms with E-state index in [1.54, 1.807) is 31.3 Å². The van der Waals surface area contributed by atoms with Crippen molar-refractivity contribution in [2.45, 2.75) is 18.8 Å². The van der Waals surface area contributed by atoms with Gasteiger partial charge in [-0.15, -0.1) is 0 Å². The van der Waals surface area contributed by atoms with E-state index in [9.17, 15) is 26.3 Å². The van der Waals surface area contributed by atoms with E-state index in [0.29, 0.717) is 22.5 Å². The second-order valence-corrected chi connectivity index (χ2v) is 6.24. The van der Waals surface area contributed by atoms with Gasteiger partial charge in [-0.05, 0) is 41.8 Å². The van der Waals surface area contributed by atoms with Crippen LogP contribution in [-0.2, 0) is 18.8 Å². The maximum atomic E-state index is 13.0. The molecule has 152 valence electrons. The molecule has 0 unspecified atom stereocenters. The third kappa shape index (κ3) is 4.82. The molecule has 0 amide bonds. The number of H-pyrrole nitrogens is 1. The van der Waals surface area contributed by atoms with Crippen molar-refractivity contribution in [3.63, 3.8) is 0 Å². The lowest BCUT2D eigenvalue weighted by Gasteiger charge is -2.14. The summed E-state index contributed by atoms with van der Waals surface area (Å²) in [5.74, 6) is 0. The highest BCUT2D eigenvalue weighted by molar-refractivity contribution is 5.86. The first-order valence-electron chi connectivity index (χ1n) is 8.28. The third-order valence-electron chi connectivity index (χ3n) is 4.08. The lowest BCUT2D eigenvalue weighted by Crippen LogP contribution is -2.12. The lowest BCUT2D eigenvalue weighted by molar-refractivity contribution is -0.143. The average molecular weight is 412 g/mol. The maximum absolute atomic E-state index is 13.0. The van der Waals surface area contributed by atoms with E-state index in [2.05, 4.69) is 20.4 Å². The Morgan fingerprint density at radius 1 is 0.897 bits per heavy atom. The van der Waals surface area contributed by atoms with Crippen molar-refractivity contribution in [2.24, 2.45) is 4.99 Å². The predicted molar refractivity (Wildman–Crippen MR) is 94.6 cm³/mol. The molecule has 0 aliphatic heterocycles. The molecule has 0 aliphatic rings. The zero-order valence-electron chi connectivity index (χ0n) is 14.9. The molecule has 3 rings (SSSR count). The van der Waals surface area contributed by atoms with Gasteiger partial charge in [-0.3, -0.25) is 4.99 Å². The van der Waals surface area contributed by atoms with Crippen LogP contribution in [0.2, 0.25) is 0 Å². The molecule has 2 aromatic carbocycles. The highest BCUT2D eigenvalue weighted by Gasteiger charge is 2.36. The van der Waals surface area contributed by atoms with Crippen molar-refractivity contribution in [1.29, 1.82) is 0 Å². The van der Waals surface area contributed by atoms with Crippen LogP contribution >= 0.6 is 0 Å². The Morgan fingerprint density at radius 2 is 1.55 bits per heavy atom. The zero-order valence-corrected chi connectivity index (χ0v) is 14.9. The van der Waals surface area contributed by atoms with E-state index >= 15 is 0 Å². The van der Waals surface area contributed by atoms with Crippen molar-refractivity contribution in [3.05, 3.63) is 70.4 Å². The molecule has 0 bridgehead atoms. The molecule has 1 N–H and O–H groups in total. The Morgan fingerprint density at radius 3 is 2.14 bits per heavy atom. The van der Waals surface area contributed by atoms with E-state index in [1.165, 1.54) is 6.21 Å². The Hall–Kier alpha value is -3.17. The first-order chi connectivity index (χ1) is 13.6. The van der Waals surface area contributed by atoms with Gasteiger partial charge >= 0.3 is 12.4 Å². The Bertz CT molecular complexity index is 1000.